The Labute approximate surface area is 66.4 Å². The number of rotatable bonds is 4. The van der Waals surface area contributed by atoms with Gasteiger partial charge in [-0.3, -0.25) is 4.79 Å². The summed E-state index contributed by atoms with van der Waals surface area (Å²) in [6.45, 7) is 2.50. The lowest BCUT2D eigenvalue weighted by atomic mass is 10.0. The molecule has 0 bridgehead atoms. The standard InChI is InChI=1S/C8H14O3/c1-3-8(7(9)10)4-6(8)5-11-2/h6H,3-5H2,1-2H3,(H,9,10)/t6-,8+/m1/s1. The van der Waals surface area contributed by atoms with Gasteiger partial charge in [0.1, 0.15) is 0 Å². The van der Waals surface area contributed by atoms with Crippen LogP contribution in [0.3, 0.4) is 0 Å². The van der Waals surface area contributed by atoms with Crippen molar-refractivity contribution in [2.75, 3.05) is 13.7 Å². The van der Waals surface area contributed by atoms with E-state index in [0.29, 0.717) is 6.61 Å². The van der Waals surface area contributed by atoms with Gasteiger partial charge < -0.3 is 9.84 Å². The fourth-order valence-corrected chi connectivity index (χ4v) is 1.65. The zero-order valence-corrected chi connectivity index (χ0v) is 6.96. The van der Waals surface area contributed by atoms with Gasteiger partial charge in [0, 0.05) is 7.11 Å². The van der Waals surface area contributed by atoms with Crippen LogP contribution in [0.5, 0.6) is 0 Å². The van der Waals surface area contributed by atoms with Gasteiger partial charge in [-0.1, -0.05) is 6.92 Å². The summed E-state index contributed by atoms with van der Waals surface area (Å²) in [4.78, 5) is 10.7. The largest absolute Gasteiger partial charge is 0.481 e. The maximum Gasteiger partial charge on any atom is 0.310 e. The number of hydrogen-bond donors (Lipinski definition) is 1. The molecule has 0 saturated heterocycles. The van der Waals surface area contributed by atoms with Crippen LogP contribution in [0.2, 0.25) is 0 Å². The highest BCUT2D eigenvalue weighted by atomic mass is 16.5. The second-order valence-electron chi connectivity index (χ2n) is 3.17. The third kappa shape index (κ3) is 1.25. The highest BCUT2D eigenvalue weighted by molar-refractivity contribution is 5.78. The molecule has 1 N–H and O–H groups in total. The molecular formula is C8H14O3. The molecule has 1 rings (SSSR count). The summed E-state index contributed by atoms with van der Waals surface area (Å²) in [5, 5.41) is 8.85. The molecule has 11 heavy (non-hydrogen) atoms. The van der Waals surface area contributed by atoms with E-state index in [9.17, 15) is 4.79 Å². The van der Waals surface area contributed by atoms with Gasteiger partial charge in [-0.05, 0) is 18.8 Å². The Bertz CT molecular complexity index is 167. The molecule has 1 aliphatic carbocycles. The number of carboxylic acid groups (broad SMARTS) is 1. The first-order chi connectivity index (χ1) is 5.17. The number of carbonyl (C=O) groups is 1. The van der Waals surface area contributed by atoms with Crippen LogP contribution in [-0.4, -0.2) is 24.8 Å². The second kappa shape index (κ2) is 2.81. The highest BCUT2D eigenvalue weighted by Crippen LogP contribution is 2.55. The Balaban J connectivity index is 2.49. The lowest BCUT2D eigenvalue weighted by Gasteiger charge is -2.07. The summed E-state index contributed by atoms with van der Waals surface area (Å²) < 4.78 is 4.91. The number of aliphatic carboxylic acids is 1. The summed E-state index contributed by atoms with van der Waals surface area (Å²) in [5.41, 5.74) is -0.448. The zero-order chi connectivity index (χ0) is 8.48. The van der Waals surface area contributed by atoms with Gasteiger partial charge in [-0.2, -0.15) is 0 Å². The molecule has 0 amide bonds. The summed E-state index contributed by atoms with van der Waals surface area (Å²) in [7, 11) is 1.61. The smallest absolute Gasteiger partial charge is 0.310 e. The maximum absolute atomic E-state index is 10.7. The first-order valence-electron chi connectivity index (χ1n) is 3.89. The summed E-state index contributed by atoms with van der Waals surface area (Å²) in [6.07, 6.45) is 1.50. The van der Waals surface area contributed by atoms with Crippen molar-refractivity contribution in [1.82, 2.24) is 0 Å². The Hall–Kier alpha value is -0.570. The topological polar surface area (TPSA) is 46.5 Å². The van der Waals surface area contributed by atoms with Crippen LogP contribution < -0.4 is 0 Å². The van der Waals surface area contributed by atoms with Crippen LogP contribution in [0.4, 0.5) is 0 Å². The summed E-state index contributed by atoms with van der Waals surface area (Å²) in [5.74, 6) is -0.419. The fourth-order valence-electron chi connectivity index (χ4n) is 1.65. The van der Waals surface area contributed by atoms with Crippen molar-refractivity contribution in [2.45, 2.75) is 19.8 Å². The van der Waals surface area contributed by atoms with E-state index in [-0.39, 0.29) is 5.92 Å². The van der Waals surface area contributed by atoms with Crippen molar-refractivity contribution in [3.63, 3.8) is 0 Å². The number of carboxylic acids is 1. The lowest BCUT2D eigenvalue weighted by molar-refractivity contribution is -0.144. The average Bonchev–Trinajstić information content (AvgIpc) is 2.65. The molecule has 64 valence electrons. The van der Waals surface area contributed by atoms with E-state index in [1.54, 1.807) is 7.11 Å². The SMILES string of the molecule is CC[C@]1(C(=O)O)C[C@@H]1COC. The third-order valence-electron chi connectivity index (χ3n) is 2.66. The number of ether oxygens (including phenoxy) is 1. The van der Waals surface area contributed by atoms with Crippen molar-refractivity contribution in [2.24, 2.45) is 11.3 Å². The molecule has 0 spiro atoms. The molecule has 0 radical (unpaired) electrons. The molecule has 0 aliphatic heterocycles. The van der Waals surface area contributed by atoms with Gasteiger partial charge >= 0.3 is 5.97 Å². The van der Waals surface area contributed by atoms with Crippen molar-refractivity contribution in [1.29, 1.82) is 0 Å². The molecule has 3 nitrogen and oxygen atoms in total. The number of hydrogen-bond acceptors (Lipinski definition) is 2. The molecule has 0 aromatic carbocycles. The molecule has 1 aliphatic rings. The first-order valence-corrected chi connectivity index (χ1v) is 3.89. The quantitative estimate of drug-likeness (QED) is 0.667. The van der Waals surface area contributed by atoms with E-state index < -0.39 is 11.4 Å². The van der Waals surface area contributed by atoms with Gasteiger partial charge in [-0.15, -0.1) is 0 Å². The van der Waals surface area contributed by atoms with Crippen molar-refractivity contribution in [3.8, 4) is 0 Å². The monoisotopic (exact) mass is 158 g/mol. The van der Waals surface area contributed by atoms with Crippen molar-refractivity contribution < 1.29 is 14.6 Å². The summed E-state index contributed by atoms with van der Waals surface area (Å²) in [6, 6.07) is 0. The zero-order valence-electron chi connectivity index (χ0n) is 6.96. The summed E-state index contributed by atoms with van der Waals surface area (Å²) >= 11 is 0. The van der Waals surface area contributed by atoms with Crippen molar-refractivity contribution in [3.05, 3.63) is 0 Å². The molecule has 0 aromatic rings. The van der Waals surface area contributed by atoms with Crippen LogP contribution in [0, 0.1) is 11.3 Å². The van der Waals surface area contributed by atoms with Gasteiger partial charge in [0.15, 0.2) is 0 Å². The van der Waals surface area contributed by atoms with Gasteiger partial charge in [0.25, 0.3) is 0 Å². The molecular weight excluding hydrogens is 144 g/mol. The van der Waals surface area contributed by atoms with E-state index >= 15 is 0 Å². The maximum atomic E-state index is 10.7. The fraction of sp³-hybridized carbons (Fsp3) is 0.875. The van der Waals surface area contributed by atoms with Gasteiger partial charge in [0.2, 0.25) is 0 Å². The Morgan fingerprint density at radius 1 is 1.82 bits per heavy atom. The molecule has 0 unspecified atom stereocenters. The van der Waals surface area contributed by atoms with E-state index in [0.717, 1.165) is 12.8 Å². The lowest BCUT2D eigenvalue weighted by Crippen LogP contribution is -2.17. The van der Waals surface area contributed by atoms with Gasteiger partial charge in [-0.25, -0.2) is 0 Å². The van der Waals surface area contributed by atoms with Crippen LogP contribution in [-0.2, 0) is 9.53 Å². The average molecular weight is 158 g/mol. The minimum Gasteiger partial charge on any atom is -0.481 e. The molecule has 0 aromatic heterocycles. The second-order valence-corrected chi connectivity index (χ2v) is 3.17. The Morgan fingerprint density at radius 3 is 2.73 bits per heavy atom. The van der Waals surface area contributed by atoms with Crippen LogP contribution in [0.1, 0.15) is 19.8 Å². The predicted molar refractivity (Wildman–Crippen MR) is 40.3 cm³/mol. The molecule has 1 fully saturated rings. The third-order valence-corrected chi connectivity index (χ3v) is 2.66. The normalized spacial score (nSPS) is 35.3. The molecule has 2 atom stereocenters. The van der Waals surface area contributed by atoms with E-state index in [4.69, 9.17) is 9.84 Å². The predicted octanol–water partition coefficient (Wildman–Crippen LogP) is 1.13. The Morgan fingerprint density at radius 2 is 2.45 bits per heavy atom. The molecule has 3 heteroatoms. The minimum absolute atomic E-state index is 0.245. The number of methoxy groups -OCH3 is 1. The minimum atomic E-state index is -0.665. The van der Waals surface area contributed by atoms with Crippen LogP contribution >= 0.6 is 0 Å². The molecule has 1 saturated carbocycles. The highest BCUT2D eigenvalue weighted by Gasteiger charge is 2.58. The molecule has 0 heterocycles. The van der Waals surface area contributed by atoms with E-state index in [1.807, 2.05) is 6.92 Å². The first kappa shape index (κ1) is 8.53. The van der Waals surface area contributed by atoms with E-state index in [2.05, 4.69) is 0 Å². The van der Waals surface area contributed by atoms with Crippen LogP contribution in [0.15, 0.2) is 0 Å². The Kier molecular flexibility index (Phi) is 2.18. The van der Waals surface area contributed by atoms with Gasteiger partial charge in [0.05, 0.1) is 12.0 Å². The van der Waals surface area contributed by atoms with Crippen molar-refractivity contribution >= 4 is 5.97 Å². The van der Waals surface area contributed by atoms with E-state index in [1.165, 1.54) is 0 Å². The van der Waals surface area contributed by atoms with Crippen LogP contribution in [0.25, 0.3) is 0 Å².